The van der Waals surface area contributed by atoms with Crippen molar-refractivity contribution in [3.63, 3.8) is 0 Å². The summed E-state index contributed by atoms with van der Waals surface area (Å²) in [6, 6.07) is 0.00750. The van der Waals surface area contributed by atoms with Crippen LogP contribution in [0, 0.1) is 0 Å². The van der Waals surface area contributed by atoms with Gasteiger partial charge in [-0.3, -0.25) is 0 Å². The van der Waals surface area contributed by atoms with Crippen LogP contribution in [0.4, 0.5) is 0 Å². The van der Waals surface area contributed by atoms with E-state index in [2.05, 4.69) is 0 Å². The van der Waals surface area contributed by atoms with Crippen LogP contribution >= 0.6 is 0 Å². The first-order chi connectivity index (χ1) is 5.39. The molecule has 0 atom stereocenters. The van der Waals surface area contributed by atoms with E-state index < -0.39 is 0 Å². The van der Waals surface area contributed by atoms with Gasteiger partial charge in [-0.15, -0.1) is 5.73 Å². The second-order valence-corrected chi connectivity index (χ2v) is 3.71. The maximum absolute atomic E-state index is 9.43. The van der Waals surface area contributed by atoms with Gasteiger partial charge in [0, 0.05) is 6.04 Å². The average Bonchev–Trinajstić information content (AvgIpc) is 2.03. The first-order valence-corrected chi connectivity index (χ1v) is 5.07. The highest BCUT2D eigenvalue weighted by Gasteiger charge is 2.05. The predicted octanol–water partition coefficient (Wildman–Crippen LogP) is 2.95. The Hall–Kier alpha value is -0.0400. The molecule has 1 heteroatoms. The van der Waals surface area contributed by atoms with E-state index in [0.717, 1.165) is 12.8 Å². The van der Waals surface area contributed by atoms with Gasteiger partial charge in [0.15, 0.2) is 0 Å². The maximum Gasteiger partial charge on any atom is 0.0433 e. The van der Waals surface area contributed by atoms with E-state index in [0.29, 0.717) is 0 Å². The molecule has 0 spiro atoms. The van der Waals surface area contributed by atoms with Gasteiger partial charge in [0.05, 0.1) is 0 Å². The van der Waals surface area contributed by atoms with Crippen LogP contribution in [0.25, 0.3) is 0 Å². The molecule has 2 radical (unpaired) electrons. The van der Waals surface area contributed by atoms with E-state index in [9.17, 15) is 5.73 Å². The summed E-state index contributed by atoms with van der Waals surface area (Å²) in [7, 11) is 0. The van der Waals surface area contributed by atoms with Gasteiger partial charge < -0.3 is 0 Å². The minimum Gasteiger partial charge on any atom is -0.141 e. The number of hydrogen-bond acceptors (Lipinski definition) is 0. The number of rotatable bonds is 0. The van der Waals surface area contributed by atoms with Crippen LogP contribution in [0.5, 0.6) is 0 Å². The van der Waals surface area contributed by atoms with Crippen LogP contribution in [0.1, 0.15) is 57.8 Å². The Balaban J connectivity index is 2.12. The Morgan fingerprint density at radius 2 is 1.00 bits per heavy atom. The fourth-order valence-corrected chi connectivity index (χ4v) is 1.79. The molecule has 0 heterocycles. The van der Waals surface area contributed by atoms with Gasteiger partial charge in [-0.1, -0.05) is 44.9 Å². The molecular formula is C10H19N. The van der Waals surface area contributed by atoms with Crippen molar-refractivity contribution in [3.8, 4) is 0 Å². The Kier molecular flexibility index (Phi) is 4.60. The molecule has 0 aliphatic heterocycles. The summed E-state index contributed by atoms with van der Waals surface area (Å²) >= 11 is 0. The van der Waals surface area contributed by atoms with E-state index >= 15 is 0 Å². The van der Waals surface area contributed by atoms with Crippen molar-refractivity contribution in [3.05, 3.63) is 0 Å². The lowest BCUT2D eigenvalue weighted by molar-refractivity contribution is 0.453. The molecule has 1 aliphatic rings. The number of nitrogens with zero attached hydrogens (tertiary/aromatic N) is 1. The van der Waals surface area contributed by atoms with E-state index in [1.807, 2.05) is 0 Å². The van der Waals surface area contributed by atoms with Crippen molar-refractivity contribution in [2.24, 2.45) is 0 Å². The summed E-state index contributed by atoms with van der Waals surface area (Å²) in [6.07, 6.45) is 11.4. The summed E-state index contributed by atoms with van der Waals surface area (Å²) in [5.41, 5.74) is 9.43. The molecule has 0 aromatic rings. The Morgan fingerprint density at radius 1 is 0.636 bits per heavy atom. The largest absolute Gasteiger partial charge is 0.141 e. The minimum atomic E-state index is 0.00750. The maximum atomic E-state index is 9.43. The zero-order valence-electron chi connectivity index (χ0n) is 7.39. The standard InChI is InChI=1S/C10H19N/c11-10-8-6-4-2-1-3-5-7-9-10/h10H,1-9H2. The highest BCUT2D eigenvalue weighted by molar-refractivity contribution is 4.62. The van der Waals surface area contributed by atoms with Crippen molar-refractivity contribution in [1.29, 1.82) is 0 Å². The van der Waals surface area contributed by atoms with Gasteiger partial charge in [-0.25, -0.2) is 0 Å². The van der Waals surface area contributed by atoms with Crippen LogP contribution in [0.2, 0.25) is 0 Å². The number of hydrogen-bond donors (Lipinski definition) is 0. The molecule has 1 fully saturated rings. The highest BCUT2D eigenvalue weighted by Crippen LogP contribution is 2.15. The van der Waals surface area contributed by atoms with E-state index in [1.165, 1.54) is 44.9 Å². The summed E-state index contributed by atoms with van der Waals surface area (Å²) in [4.78, 5) is 0. The first kappa shape index (κ1) is 9.05. The van der Waals surface area contributed by atoms with E-state index in [4.69, 9.17) is 0 Å². The smallest absolute Gasteiger partial charge is 0.0433 e. The van der Waals surface area contributed by atoms with E-state index in [-0.39, 0.29) is 6.04 Å². The van der Waals surface area contributed by atoms with Gasteiger partial charge in [0.1, 0.15) is 0 Å². The SMILES string of the molecule is [N]C1CCCCCCCCC1. The van der Waals surface area contributed by atoms with Crippen LogP contribution in [0.3, 0.4) is 0 Å². The average molecular weight is 153 g/mol. The lowest BCUT2D eigenvalue weighted by Gasteiger charge is -2.11. The lowest BCUT2D eigenvalue weighted by atomic mass is 9.98. The first-order valence-electron chi connectivity index (χ1n) is 5.07. The van der Waals surface area contributed by atoms with Crippen molar-refractivity contribution in [1.82, 2.24) is 5.73 Å². The molecule has 0 aromatic carbocycles. The molecule has 1 nitrogen and oxygen atoms in total. The Morgan fingerprint density at radius 3 is 1.45 bits per heavy atom. The molecule has 64 valence electrons. The van der Waals surface area contributed by atoms with Gasteiger partial charge >= 0.3 is 0 Å². The molecule has 0 saturated heterocycles. The second kappa shape index (κ2) is 5.59. The predicted molar refractivity (Wildman–Crippen MR) is 47.5 cm³/mol. The van der Waals surface area contributed by atoms with Crippen molar-refractivity contribution in [2.45, 2.75) is 63.8 Å². The molecule has 0 N–H and O–H groups in total. The van der Waals surface area contributed by atoms with Gasteiger partial charge in [0.25, 0.3) is 0 Å². The molecular weight excluding hydrogens is 134 g/mol. The lowest BCUT2D eigenvalue weighted by Crippen LogP contribution is -2.09. The summed E-state index contributed by atoms with van der Waals surface area (Å²) in [5, 5.41) is 0. The molecule has 0 amide bonds. The third-order valence-corrected chi connectivity index (χ3v) is 2.57. The van der Waals surface area contributed by atoms with Crippen molar-refractivity contribution < 1.29 is 0 Å². The summed E-state index contributed by atoms with van der Waals surface area (Å²) in [5.74, 6) is 0. The second-order valence-electron chi connectivity index (χ2n) is 3.71. The fourth-order valence-electron chi connectivity index (χ4n) is 1.79. The Bertz CT molecular complexity index is 80.9. The van der Waals surface area contributed by atoms with Crippen molar-refractivity contribution in [2.75, 3.05) is 0 Å². The molecule has 0 aromatic heterocycles. The zero-order chi connectivity index (χ0) is 7.94. The van der Waals surface area contributed by atoms with Crippen LogP contribution in [-0.2, 0) is 0 Å². The van der Waals surface area contributed by atoms with Crippen LogP contribution < -0.4 is 5.73 Å². The van der Waals surface area contributed by atoms with E-state index in [1.54, 1.807) is 0 Å². The van der Waals surface area contributed by atoms with Crippen LogP contribution in [0.15, 0.2) is 0 Å². The molecule has 11 heavy (non-hydrogen) atoms. The van der Waals surface area contributed by atoms with Gasteiger partial charge in [-0.2, -0.15) is 0 Å². The third-order valence-electron chi connectivity index (χ3n) is 2.57. The third kappa shape index (κ3) is 4.41. The summed E-state index contributed by atoms with van der Waals surface area (Å²) < 4.78 is 0. The van der Waals surface area contributed by atoms with Crippen LogP contribution in [-0.4, -0.2) is 6.04 Å². The molecule has 1 aliphatic carbocycles. The molecule has 1 saturated carbocycles. The fraction of sp³-hybridized carbons (Fsp3) is 1.00. The van der Waals surface area contributed by atoms with Gasteiger partial charge in [-0.05, 0) is 12.8 Å². The minimum absolute atomic E-state index is 0.00750. The molecule has 1 rings (SSSR count). The van der Waals surface area contributed by atoms with Crippen molar-refractivity contribution >= 4 is 0 Å². The summed E-state index contributed by atoms with van der Waals surface area (Å²) in [6.45, 7) is 0. The Labute approximate surface area is 70.4 Å². The van der Waals surface area contributed by atoms with Gasteiger partial charge in [0.2, 0.25) is 0 Å². The molecule has 0 bridgehead atoms. The topological polar surface area (TPSA) is 22.3 Å². The molecule has 0 unspecified atom stereocenters. The quantitative estimate of drug-likeness (QED) is 0.510. The monoisotopic (exact) mass is 153 g/mol. The highest BCUT2D eigenvalue weighted by atomic mass is 14.6. The zero-order valence-corrected chi connectivity index (χ0v) is 7.39. The normalized spacial score (nSPS) is 24.8.